The number of anilines is 1. The second kappa shape index (κ2) is 6.19. The number of nitrogens with two attached hydrogens (primary N) is 1. The number of hydrogen-bond donors (Lipinski definition) is 2. The Morgan fingerprint density at radius 1 is 1.50 bits per heavy atom. The fraction of sp³-hybridized carbons (Fsp3) is 0.500. The maximum atomic E-state index is 13.6. The van der Waals surface area contributed by atoms with Gasteiger partial charge in [-0.1, -0.05) is 0 Å². The van der Waals surface area contributed by atoms with Gasteiger partial charge in [0.05, 0.1) is 12.5 Å². The Hall–Kier alpha value is -1.66. The number of hydrogen-bond acceptors (Lipinski definition) is 4. The molecule has 1 aromatic carbocycles. The van der Waals surface area contributed by atoms with E-state index in [-0.39, 0.29) is 18.2 Å². The Morgan fingerprint density at radius 3 is 2.75 bits per heavy atom. The molecule has 20 heavy (non-hydrogen) atoms. The highest BCUT2D eigenvalue weighted by Gasteiger charge is 2.38. The van der Waals surface area contributed by atoms with Crippen LogP contribution in [0, 0.1) is 11.2 Å². The second-order valence-electron chi connectivity index (χ2n) is 4.90. The molecule has 1 saturated heterocycles. The topological polar surface area (TPSA) is 73.6 Å². The van der Waals surface area contributed by atoms with E-state index in [1.807, 2.05) is 0 Å². The van der Waals surface area contributed by atoms with Crippen molar-refractivity contribution in [3.05, 3.63) is 24.0 Å². The van der Waals surface area contributed by atoms with Crippen molar-refractivity contribution in [1.29, 1.82) is 0 Å². The lowest BCUT2D eigenvalue weighted by Gasteiger charge is -2.34. The number of amides is 1. The molecule has 0 atom stereocenters. The van der Waals surface area contributed by atoms with Gasteiger partial charge in [0.15, 0.2) is 11.6 Å². The minimum atomic E-state index is -0.630. The highest BCUT2D eigenvalue weighted by Crippen LogP contribution is 2.31. The van der Waals surface area contributed by atoms with E-state index < -0.39 is 11.2 Å². The zero-order valence-electron chi connectivity index (χ0n) is 11.4. The first-order chi connectivity index (χ1) is 9.61. The first-order valence-corrected chi connectivity index (χ1v) is 6.54. The minimum Gasteiger partial charge on any atom is -0.494 e. The number of ether oxygens (including phenoxy) is 2. The Balaban J connectivity index is 2.12. The maximum Gasteiger partial charge on any atom is 0.232 e. The Morgan fingerprint density at radius 2 is 2.20 bits per heavy atom. The molecular weight excluding hydrogens is 263 g/mol. The highest BCUT2D eigenvalue weighted by molar-refractivity contribution is 5.95. The number of halogens is 1. The van der Waals surface area contributed by atoms with Crippen LogP contribution in [0.1, 0.15) is 12.8 Å². The maximum absolute atomic E-state index is 13.6. The smallest absolute Gasteiger partial charge is 0.232 e. The summed E-state index contributed by atoms with van der Waals surface area (Å²) in [6.45, 7) is 1.28. The summed E-state index contributed by atoms with van der Waals surface area (Å²) in [5.74, 6) is -0.561. The molecule has 0 spiro atoms. The van der Waals surface area contributed by atoms with E-state index >= 15 is 0 Å². The number of rotatable bonds is 4. The quantitative estimate of drug-likeness (QED) is 0.878. The van der Waals surface area contributed by atoms with Crippen LogP contribution in [0.3, 0.4) is 0 Å². The van der Waals surface area contributed by atoms with Crippen LogP contribution in [-0.4, -0.2) is 32.8 Å². The third-order valence-electron chi connectivity index (χ3n) is 3.73. The Labute approximate surface area is 117 Å². The molecule has 110 valence electrons. The van der Waals surface area contributed by atoms with E-state index in [1.54, 1.807) is 6.07 Å². The fourth-order valence-electron chi connectivity index (χ4n) is 2.29. The van der Waals surface area contributed by atoms with Crippen LogP contribution >= 0.6 is 0 Å². The van der Waals surface area contributed by atoms with Gasteiger partial charge in [0.1, 0.15) is 0 Å². The Kier molecular flexibility index (Phi) is 4.57. The molecule has 0 bridgehead atoms. The molecule has 5 nitrogen and oxygen atoms in total. The molecular formula is C14H19FN2O3. The van der Waals surface area contributed by atoms with Crippen LogP contribution in [0.2, 0.25) is 0 Å². The van der Waals surface area contributed by atoms with Gasteiger partial charge in [-0.3, -0.25) is 4.79 Å². The molecule has 1 heterocycles. The Bertz CT molecular complexity index is 487. The standard InChI is InChI=1S/C14H19FN2O3/c1-19-12-3-2-10(8-11(12)15)17-13(18)14(9-16)4-6-20-7-5-14/h2-3,8H,4-7,9,16H2,1H3,(H,17,18). The normalized spacial score (nSPS) is 17.6. The summed E-state index contributed by atoms with van der Waals surface area (Å²) in [6.07, 6.45) is 1.15. The minimum absolute atomic E-state index is 0.141. The lowest BCUT2D eigenvalue weighted by molar-refractivity contribution is -0.130. The second-order valence-corrected chi connectivity index (χ2v) is 4.90. The van der Waals surface area contributed by atoms with E-state index in [4.69, 9.17) is 15.2 Å². The van der Waals surface area contributed by atoms with Gasteiger partial charge in [0.2, 0.25) is 5.91 Å². The number of benzene rings is 1. The van der Waals surface area contributed by atoms with E-state index in [2.05, 4.69) is 5.32 Å². The van der Waals surface area contributed by atoms with Crippen molar-refractivity contribution in [2.24, 2.45) is 11.1 Å². The van der Waals surface area contributed by atoms with E-state index in [0.717, 1.165) is 0 Å². The first-order valence-electron chi connectivity index (χ1n) is 6.54. The summed E-state index contributed by atoms with van der Waals surface area (Å²) in [4.78, 5) is 12.4. The predicted molar refractivity (Wildman–Crippen MR) is 73.1 cm³/mol. The van der Waals surface area contributed by atoms with Gasteiger partial charge >= 0.3 is 0 Å². The van der Waals surface area contributed by atoms with Gasteiger partial charge in [-0.15, -0.1) is 0 Å². The van der Waals surface area contributed by atoms with Gasteiger partial charge < -0.3 is 20.5 Å². The highest BCUT2D eigenvalue weighted by atomic mass is 19.1. The fourth-order valence-corrected chi connectivity index (χ4v) is 2.29. The molecule has 1 amide bonds. The molecule has 0 aliphatic carbocycles. The van der Waals surface area contributed by atoms with Crippen LogP contribution < -0.4 is 15.8 Å². The number of nitrogens with one attached hydrogen (secondary N) is 1. The number of carbonyl (C=O) groups is 1. The molecule has 1 aliphatic heterocycles. The summed E-state index contributed by atoms with van der Waals surface area (Å²) in [5.41, 5.74) is 5.52. The van der Waals surface area contributed by atoms with Crippen molar-refractivity contribution < 1.29 is 18.7 Å². The largest absolute Gasteiger partial charge is 0.494 e. The summed E-state index contributed by atoms with van der Waals surface area (Å²) >= 11 is 0. The van der Waals surface area contributed by atoms with Crippen molar-refractivity contribution in [2.45, 2.75) is 12.8 Å². The average molecular weight is 282 g/mol. The van der Waals surface area contributed by atoms with Crippen molar-refractivity contribution in [1.82, 2.24) is 0 Å². The SMILES string of the molecule is COc1ccc(NC(=O)C2(CN)CCOCC2)cc1F. The van der Waals surface area contributed by atoms with E-state index in [1.165, 1.54) is 19.2 Å². The van der Waals surface area contributed by atoms with Crippen LogP contribution in [-0.2, 0) is 9.53 Å². The zero-order valence-corrected chi connectivity index (χ0v) is 11.4. The molecule has 1 aliphatic rings. The van der Waals surface area contributed by atoms with Crippen LogP contribution in [0.25, 0.3) is 0 Å². The molecule has 1 fully saturated rings. The third kappa shape index (κ3) is 2.91. The summed E-state index contributed by atoms with van der Waals surface area (Å²) < 4.78 is 23.7. The molecule has 2 rings (SSSR count). The lowest BCUT2D eigenvalue weighted by Crippen LogP contribution is -2.46. The average Bonchev–Trinajstić information content (AvgIpc) is 2.48. The third-order valence-corrected chi connectivity index (χ3v) is 3.73. The van der Waals surface area contributed by atoms with Gasteiger partial charge in [0, 0.05) is 31.5 Å². The number of carbonyl (C=O) groups excluding carboxylic acids is 1. The molecule has 0 aromatic heterocycles. The predicted octanol–water partition coefficient (Wildman–Crippen LogP) is 1.53. The van der Waals surface area contributed by atoms with Crippen molar-refractivity contribution in [3.8, 4) is 5.75 Å². The molecule has 6 heteroatoms. The molecule has 0 saturated carbocycles. The van der Waals surface area contributed by atoms with Gasteiger partial charge in [-0.2, -0.15) is 0 Å². The van der Waals surface area contributed by atoms with Crippen molar-refractivity contribution >= 4 is 11.6 Å². The summed E-state index contributed by atoms with van der Waals surface area (Å²) in [5, 5.41) is 2.73. The monoisotopic (exact) mass is 282 g/mol. The van der Waals surface area contributed by atoms with Crippen molar-refractivity contribution in [2.75, 3.05) is 32.2 Å². The van der Waals surface area contributed by atoms with Crippen LogP contribution in [0.5, 0.6) is 5.75 Å². The van der Waals surface area contributed by atoms with Crippen molar-refractivity contribution in [3.63, 3.8) is 0 Å². The van der Waals surface area contributed by atoms with Gasteiger partial charge in [0.25, 0.3) is 0 Å². The zero-order chi connectivity index (χ0) is 14.6. The van der Waals surface area contributed by atoms with Crippen LogP contribution in [0.4, 0.5) is 10.1 Å². The summed E-state index contributed by atoms with van der Waals surface area (Å²) in [7, 11) is 1.39. The number of methoxy groups -OCH3 is 1. The molecule has 3 N–H and O–H groups in total. The lowest BCUT2D eigenvalue weighted by atomic mass is 9.79. The molecule has 1 aromatic rings. The van der Waals surface area contributed by atoms with Crippen LogP contribution in [0.15, 0.2) is 18.2 Å². The first kappa shape index (κ1) is 14.7. The van der Waals surface area contributed by atoms with Gasteiger partial charge in [-0.25, -0.2) is 4.39 Å². The van der Waals surface area contributed by atoms with E-state index in [0.29, 0.717) is 31.7 Å². The van der Waals surface area contributed by atoms with Gasteiger partial charge in [-0.05, 0) is 25.0 Å². The molecule has 0 radical (unpaired) electrons. The summed E-state index contributed by atoms with van der Waals surface area (Å²) in [6, 6.07) is 4.31. The molecule has 0 unspecified atom stereocenters. The van der Waals surface area contributed by atoms with E-state index in [9.17, 15) is 9.18 Å².